The summed E-state index contributed by atoms with van der Waals surface area (Å²) in [6.45, 7) is 1.77. The van der Waals surface area contributed by atoms with E-state index in [1.165, 1.54) is 42.8 Å². The number of nitrogens with one attached hydrogen (secondary N) is 2. The Hall–Kier alpha value is -3.56. The number of aromatic amines is 1. The predicted octanol–water partition coefficient (Wildman–Crippen LogP) is 1.73. The summed E-state index contributed by atoms with van der Waals surface area (Å²) in [5.74, 6) is -0.233. The van der Waals surface area contributed by atoms with Gasteiger partial charge in [-0.1, -0.05) is 0 Å². The second-order valence-electron chi connectivity index (χ2n) is 6.43. The molecule has 9 nitrogen and oxygen atoms in total. The van der Waals surface area contributed by atoms with E-state index in [0.29, 0.717) is 11.6 Å². The van der Waals surface area contributed by atoms with Crippen molar-refractivity contribution >= 4 is 17.8 Å². The largest absolute Gasteiger partial charge is 0.340 e. The SMILES string of the molecule is O=C(Nc1nc(N2CCCCC2)n[nH]1)c1ccc(=O)n(-c2ccc(F)cc2)n1. The van der Waals surface area contributed by atoms with Gasteiger partial charge in [0.1, 0.15) is 11.5 Å². The van der Waals surface area contributed by atoms with E-state index in [1.54, 1.807) is 0 Å². The summed E-state index contributed by atoms with van der Waals surface area (Å²) < 4.78 is 14.1. The highest BCUT2D eigenvalue weighted by molar-refractivity contribution is 6.01. The van der Waals surface area contributed by atoms with Gasteiger partial charge in [0.25, 0.3) is 11.5 Å². The van der Waals surface area contributed by atoms with E-state index in [2.05, 4.69) is 30.5 Å². The molecule has 3 aromatic rings. The minimum Gasteiger partial charge on any atom is -0.340 e. The molecule has 10 heteroatoms. The Morgan fingerprint density at radius 2 is 1.82 bits per heavy atom. The fourth-order valence-corrected chi connectivity index (χ4v) is 3.02. The summed E-state index contributed by atoms with van der Waals surface area (Å²) in [6, 6.07) is 7.80. The van der Waals surface area contributed by atoms with Crippen LogP contribution in [0.15, 0.2) is 41.2 Å². The van der Waals surface area contributed by atoms with E-state index in [9.17, 15) is 14.0 Å². The van der Waals surface area contributed by atoms with Crippen molar-refractivity contribution in [2.45, 2.75) is 19.3 Å². The van der Waals surface area contributed by atoms with Crippen molar-refractivity contribution in [2.75, 3.05) is 23.3 Å². The Bertz CT molecular complexity index is 1040. The van der Waals surface area contributed by atoms with Crippen molar-refractivity contribution in [3.8, 4) is 5.69 Å². The van der Waals surface area contributed by atoms with Gasteiger partial charge in [-0.2, -0.15) is 14.8 Å². The molecule has 4 rings (SSSR count). The minimum atomic E-state index is -0.544. The lowest BCUT2D eigenvalue weighted by Crippen LogP contribution is -2.30. The monoisotopic (exact) mass is 383 g/mol. The third-order valence-electron chi connectivity index (χ3n) is 4.45. The first-order valence-corrected chi connectivity index (χ1v) is 8.95. The molecule has 2 N–H and O–H groups in total. The third-order valence-corrected chi connectivity index (χ3v) is 4.45. The Balaban J connectivity index is 1.52. The predicted molar refractivity (Wildman–Crippen MR) is 100 cm³/mol. The van der Waals surface area contributed by atoms with Gasteiger partial charge in [-0.25, -0.2) is 9.49 Å². The van der Waals surface area contributed by atoms with Crippen molar-refractivity contribution in [1.29, 1.82) is 0 Å². The summed E-state index contributed by atoms with van der Waals surface area (Å²) in [5, 5.41) is 13.5. The molecule has 0 aliphatic carbocycles. The zero-order chi connectivity index (χ0) is 19.5. The van der Waals surface area contributed by atoms with Gasteiger partial charge < -0.3 is 4.90 Å². The molecule has 1 aliphatic heterocycles. The van der Waals surface area contributed by atoms with Gasteiger partial charge in [-0.3, -0.25) is 14.9 Å². The van der Waals surface area contributed by atoms with E-state index in [0.717, 1.165) is 30.6 Å². The fourth-order valence-electron chi connectivity index (χ4n) is 3.02. The van der Waals surface area contributed by atoms with Crippen molar-refractivity contribution in [2.24, 2.45) is 0 Å². The van der Waals surface area contributed by atoms with E-state index >= 15 is 0 Å². The number of rotatable bonds is 4. The van der Waals surface area contributed by atoms with Crippen LogP contribution in [0.4, 0.5) is 16.3 Å². The third kappa shape index (κ3) is 3.75. The molecule has 0 radical (unpaired) electrons. The highest BCUT2D eigenvalue weighted by Gasteiger charge is 2.17. The number of hydrogen-bond acceptors (Lipinski definition) is 6. The molecule has 1 saturated heterocycles. The number of aromatic nitrogens is 5. The zero-order valence-electron chi connectivity index (χ0n) is 14.9. The maximum absolute atomic E-state index is 13.1. The highest BCUT2D eigenvalue weighted by Crippen LogP contribution is 2.16. The maximum atomic E-state index is 13.1. The molecule has 1 aromatic carbocycles. The van der Waals surface area contributed by atoms with Crippen LogP contribution in [0.5, 0.6) is 0 Å². The maximum Gasteiger partial charge on any atom is 0.278 e. The van der Waals surface area contributed by atoms with Crippen LogP contribution in [0.3, 0.4) is 0 Å². The Morgan fingerprint density at radius 1 is 1.07 bits per heavy atom. The average molecular weight is 383 g/mol. The van der Waals surface area contributed by atoms with Crippen LogP contribution in [-0.4, -0.2) is 44.0 Å². The summed E-state index contributed by atoms with van der Waals surface area (Å²) in [6.07, 6.45) is 3.37. The molecule has 0 bridgehead atoms. The zero-order valence-corrected chi connectivity index (χ0v) is 14.9. The number of anilines is 2. The van der Waals surface area contributed by atoms with E-state index in [-0.39, 0.29) is 11.6 Å². The number of halogens is 1. The lowest BCUT2D eigenvalue weighted by atomic mass is 10.1. The highest BCUT2D eigenvalue weighted by atomic mass is 19.1. The quantitative estimate of drug-likeness (QED) is 0.710. The first-order valence-electron chi connectivity index (χ1n) is 8.95. The fraction of sp³-hybridized carbons (Fsp3) is 0.278. The van der Waals surface area contributed by atoms with Crippen LogP contribution in [0.2, 0.25) is 0 Å². The number of amides is 1. The molecular formula is C18H18FN7O2. The summed E-state index contributed by atoms with van der Waals surface area (Å²) in [5.41, 5.74) is -0.0665. The number of H-pyrrole nitrogens is 1. The van der Waals surface area contributed by atoms with E-state index < -0.39 is 17.3 Å². The van der Waals surface area contributed by atoms with Gasteiger partial charge in [0.05, 0.1) is 5.69 Å². The molecule has 0 spiro atoms. The molecule has 1 aliphatic rings. The number of carbonyl (C=O) groups excluding carboxylic acids is 1. The average Bonchev–Trinajstić information content (AvgIpc) is 3.18. The van der Waals surface area contributed by atoms with Crippen LogP contribution in [0.25, 0.3) is 5.69 Å². The minimum absolute atomic E-state index is 0.0137. The molecule has 144 valence electrons. The van der Waals surface area contributed by atoms with Gasteiger partial charge >= 0.3 is 0 Å². The second-order valence-corrected chi connectivity index (χ2v) is 6.43. The second kappa shape index (κ2) is 7.59. The number of nitrogens with zero attached hydrogens (tertiary/aromatic N) is 5. The van der Waals surface area contributed by atoms with Crippen LogP contribution < -0.4 is 15.8 Å². The number of benzene rings is 1. The molecular weight excluding hydrogens is 365 g/mol. The molecule has 1 fully saturated rings. The van der Waals surface area contributed by atoms with Crippen LogP contribution in [0, 0.1) is 5.82 Å². The van der Waals surface area contributed by atoms with Crippen LogP contribution in [0.1, 0.15) is 29.8 Å². The topological polar surface area (TPSA) is 109 Å². The van der Waals surface area contributed by atoms with Gasteiger partial charge in [0.15, 0.2) is 0 Å². The molecule has 28 heavy (non-hydrogen) atoms. The Morgan fingerprint density at radius 3 is 2.57 bits per heavy atom. The number of carbonyl (C=O) groups is 1. The van der Waals surface area contributed by atoms with Crippen molar-refractivity contribution in [3.63, 3.8) is 0 Å². The number of hydrogen-bond donors (Lipinski definition) is 2. The van der Waals surface area contributed by atoms with Crippen LogP contribution >= 0.6 is 0 Å². The molecule has 1 amide bonds. The van der Waals surface area contributed by atoms with E-state index in [1.807, 2.05) is 0 Å². The number of piperidine rings is 1. The Kier molecular flexibility index (Phi) is 4.83. The molecule has 0 atom stereocenters. The lowest BCUT2D eigenvalue weighted by Gasteiger charge is -2.24. The normalized spacial score (nSPS) is 14.1. The van der Waals surface area contributed by atoms with Crippen molar-refractivity contribution in [3.05, 3.63) is 58.3 Å². The standard InChI is InChI=1S/C18H18FN7O2/c19-12-4-6-13(7-5-12)26-15(27)9-8-14(24-26)16(28)20-17-21-18(23-22-17)25-10-2-1-3-11-25/h4-9H,1-3,10-11H2,(H2,20,21,22,23,28). The van der Waals surface area contributed by atoms with Crippen molar-refractivity contribution < 1.29 is 9.18 Å². The summed E-state index contributed by atoms with van der Waals surface area (Å²) in [4.78, 5) is 30.9. The Labute approximate surface area is 159 Å². The first-order chi connectivity index (χ1) is 13.6. The van der Waals surface area contributed by atoms with Gasteiger partial charge in [0.2, 0.25) is 11.9 Å². The first kappa shape index (κ1) is 17.8. The molecule has 0 unspecified atom stereocenters. The molecule has 2 aromatic heterocycles. The van der Waals surface area contributed by atoms with Crippen molar-refractivity contribution in [1.82, 2.24) is 25.0 Å². The van der Waals surface area contributed by atoms with E-state index in [4.69, 9.17) is 0 Å². The summed E-state index contributed by atoms with van der Waals surface area (Å²) in [7, 11) is 0. The van der Waals surface area contributed by atoms with Gasteiger partial charge in [-0.15, -0.1) is 5.10 Å². The lowest BCUT2D eigenvalue weighted by molar-refractivity contribution is 0.101. The molecule has 0 saturated carbocycles. The smallest absolute Gasteiger partial charge is 0.278 e. The van der Waals surface area contributed by atoms with Gasteiger partial charge in [0, 0.05) is 19.2 Å². The van der Waals surface area contributed by atoms with Gasteiger partial charge in [-0.05, 0) is 49.6 Å². The molecule has 3 heterocycles. The summed E-state index contributed by atoms with van der Waals surface area (Å²) >= 11 is 0. The van der Waals surface area contributed by atoms with Crippen LogP contribution in [-0.2, 0) is 0 Å².